The Bertz CT molecular complexity index is 298. The Morgan fingerprint density at radius 1 is 0.559 bits per heavy atom. The topological polar surface area (TPSA) is 125 Å². The Morgan fingerprint density at radius 2 is 0.971 bits per heavy atom. The zero-order valence-corrected chi connectivity index (χ0v) is 16.7. The molecule has 0 atom stereocenters. The summed E-state index contributed by atoms with van der Waals surface area (Å²) in [4.78, 5) is 22.2. The van der Waals surface area contributed by atoms with E-state index in [0.717, 1.165) is 19.6 Å². The molecule has 0 aromatic carbocycles. The molecule has 0 fully saturated rings. The molecule has 0 heterocycles. The van der Waals surface area contributed by atoms with Gasteiger partial charge in [0.1, 0.15) is 0 Å². The van der Waals surface area contributed by atoms with Gasteiger partial charge in [0.15, 0.2) is 0 Å². The molecule has 34 heavy (non-hydrogen) atoms. The Labute approximate surface area is 216 Å². The molecule has 0 radical (unpaired) electrons. The molecule has 0 rings (SSSR count). The van der Waals surface area contributed by atoms with E-state index in [2.05, 4.69) is 31.9 Å². The van der Waals surface area contributed by atoms with Gasteiger partial charge in [-0.05, 0) is 41.2 Å². The zero-order chi connectivity index (χ0) is 19.9. The predicted octanol–water partition coefficient (Wildman–Crippen LogP) is 3.25. The normalized spacial score (nSPS) is 7.65. The molecule has 0 aromatic heterocycles. The van der Waals surface area contributed by atoms with Crippen LogP contribution in [0.15, 0.2) is 0 Å². The van der Waals surface area contributed by atoms with E-state index in [1.54, 1.807) is 14.1 Å². The second-order valence-electron chi connectivity index (χ2n) is 5.24. The van der Waals surface area contributed by atoms with Crippen LogP contribution in [0.2, 0.25) is 0 Å². The number of hydrogen-bond acceptors (Lipinski definition) is 8. The van der Waals surface area contributed by atoms with Crippen LogP contribution in [0, 0.1) is 0 Å². The molecule has 0 aliphatic carbocycles. The Balaban J connectivity index is -0.0000000378. The van der Waals surface area contributed by atoms with Crippen LogP contribution < -0.4 is 31.9 Å². The molecule has 220 valence electrons. The molecular weight excluding hydrogens is 436 g/mol. The molecule has 6 N–H and O–H groups in total. The SMILES string of the molecule is C.C.C.C.C.C.C.C.CNCCCOCNC.CNCNC(=O)CCOCCC(=O)NCNC. The van der Waals surface area contributed by atoms with E-state index in [-0.39, 0.29) is 71.2 Å². The fourth-order valence-electron chi connectivity index (χ4n) is 1.51. The van der Waals surface area contributed by atoms with Gasteiger partial charge in [-0.25, -0.2) is 0 Å². The molecule has 0 bridgehead atoms. The van der Waals surface area contributed by atoms with Gasteiger partial charge in [0.05, 0.1) is 33.3 Å². The molecular formula is C24H70N6O4. The van der Waals surface area contributed by atoms with E-state index in [1.807, 2.05) is 14.1 Å². The number of carbonyl (C=O) groups excluding carboxylic acids is 2. The van der Waals surface area contributed by atoms with Gasteiger partial charge in [0.25, 0.3) is 0 Å². The van der Waals surface area contributed by atoms with Crippen molar-refractivity contribution >= 4 is 11.8 Å². The first-order valence-corrected chi connectivity index (χ1v) is 8.89. The molecule has 0 saturated carbocycles. The van der Waals surface area contributed by atoms with E-state index < -0.39 is 0 Å². The Morgan fingerprint density at radius 3 is 1.29 bits per heavy atom. The number of rotatable bonds is 16. The third-order valence-electron chi connectivity index (χ3n) is 2.83. The van der Waals surface area contributed by atoms with Crippen LogP contribution in [-0.4, -0.2) is 86.4 Å². The van der Waals surface area contributed by atoms with Crippen molar-refractivity contribution < 1.29 is 19.1 Å². The van der Waals surface area contributed by atoms with E-state index in [4.69, 9.17) is 9.47 Å². The molecule has 0 unspecified atom stereocenters. The maximum absolute atomic E-state index is 11.1. The van der Waals surface area contributed by atoms with Crippen LogP contribution in [0.1, 0.15) is 78.7 Å². The van der Waals surface area contributed by atoms with Crippen LogP contribution in [0.25, 0.3) is 0 Å². The first-order valence-electron chi connectivity index (χ1n) is 8.89. The maximum atomic E-state index is 11.1. The first kappa shape index (κ1) is 63.8. The van der Waals surface area contributed by atoms with Crippen LogP contribution in [-0.2, 0) is 19.1 Å². The van der Waals surface area contributed by atoms with E-state index >= 15 is 0 Å². The average Bonchev–Trinajstić information content (AvgIpc) is 2.65. The highest BCUT2D eigenvalue weighted by Gasteiger charge is 2.02. The summed E-state index contributed by atoms with van der Waals surface area (Å²) in [5.41, 5.74) is 0. The monoisotopic (exact) mass is 507 g/mol. The molecule has 2 amide bonds. The van der Waals surface area contributed by atoms with Gasteiger partial charge in [-0.15, -0.1) is 0 Å². The van der Waals surface area contributed by atoms with Crippen LogP contribution in [0.5, 0.6) is 0 Å². The second kappa shape index (κ2) is 58.0. The average molecular weight is 507 g/mol. The molecule has 10 heteroatoms. The molecule has 0 aromatic rings. The summed E-state index contributed by atoms with van der Waals surface area (Å²) in [5.74, 6) is -0.141. The molecule has 0 saturated heterocycles. The molecule has 0 aliphatic rings. The van der Waals surface area contributed by atoms with Crippen molar-refractivity contribution in [3.8, 4) is 0 Å². The van der Waals surface area contributed by atoms with Crippen molar-refractivity contribution in [2.24, 2.45) is 0 Å². The fraction of sp³-hybridized carbons (Fsp3) is 0.917. The lowest BCUT2D eigenvalue weighted by molar-refractivity contribution is -0.122. The zero-order valence-electron chi connectivity index (χ0n) is 16.7. The van der Waals surface area contributed by atoms with Gasteiger partial charge in [-0.3, -0.25) is 14.9 Å². The van der Waals surface area contributed by atoms with Gasteiger partial charge in [0, 0.05) is 19.4 Å². The third kappa shape index (κ3) is 63.2. The standard InChI is InChI=1S/C10H22N4O3.C6H16N2O.8CH4/c1-11-7-13-9(15)3-5-17-6-4-10(16)14-8-12-2;1-7-4-3-5-9-6-8-2;;;;;;;;/h11-12H,3-8H2,1-2H3,(H,13,15)(H,14,16);7-8H,3-6H2,1-2H3;8*1H4. The van der Waals surface area contributed by atoms with Crippen molar-refractivity contribution in [3.63, 3.8) is 0 Å². The number of nitrogens with one attached hydrogen (secondary N) is 6. The van der Waals surface area contributed by atoms with Crippen molar-refractivity contribution in [2.75, 3.05) is 74.6 Å². The molecule has 10 nitrogen and oxygen atoms in total. The summed E-state index contributed by atoms with van der Waals surface area (Å²) in [6, 6.07) is 0. The largest absolute Gasteiger partial charge is 0.380 e. The lowest BCUT2D eigenvalue weighted by Crippen LogP contribution is -2.33. The Hall–Kier alpha value is -1.30. The predicted molar refractivity (Wildman–Crippen MR) is 156 cm³/mol. The van der Waals surface area contributed by atoms with Gasteiger partial charge in [-0.1, -0.05) is 59.4 Å². The summed E-state index contributed by atoms with van der Waals surface area (Å²) in [6.45, 7) is 4.08. The highest BCUT2D eigenvalue weighted by atomic mass is 16.5. The molecule has 0 aliphatic heterocycles. The number of hydrogen-bond donors (Lipinski definition) is 6. The van der Waals surface area contributed by atoms with Crippen LogP contribution in [0.4, 0.5) is 0 Å². The van der Waals surface area contributed by atoms with Crippen molar-refractivity contribution in [3.05, 3.63) is 0 Å². The minimum atomic E-state index is -0.0704. The van der Waals surface area contributed by atoms with Crippen molar-refractivity contribution in [1.82, 2.24) is 31.9 Å². The quantitative estimate of drug-likeness (QED) is 0.139. The summed E-state index contributed by atoms with van der Waals surface area (Å²) in [5, 5.41) is 16.8. The minimum absolute atomic E-state index is 0. The third-order valence-corrected chi connectivity index (χ3v) is 2.83. The summed E-state index contributed by atoms with van der Waals surface area (Å²) >= 11 is 0. The van der Waals surface area contributed by atoms with Crippen LogP contribution >= 0.6 is 0 Å². The van der Waals surface area contributed by atoms with E-state index in [1.165, 1.54) is 0 Å². The smallest absolute Gasteiger partial charge is 0.223 e. The van der Waals surface area contributed by atoms with E-state index in [0.29, 0.717) is 46.1 Å². The molecule has 0 spiro atoms. The lowest BCUT2D eigenvalue weighted by atomic mass is 10.4. The van der Waals surface area contributed by atoms with Gasteiger partial charge in [-0.2, -0.15) is 0 Å². The summed E-state index contributed by atoms with van der Waals surface area (Å²) in [6.07, 6.45) is 1.69. The highest BCUT2D eigenvalue weighted by molar-refractivity contribution is 5.76. The maximum Gasteiger partial charge on any atom is 0.223 e. The summed E-state index contributed by atoms with van der Waals surface area (Å²) < 4.78 is 10.3. The van der Waals surface area contributed by atoms with Gasteiger partial charge >= 0.3 is 0 Å². The van der Waals surface area contributed by atoms with Crippen molar-refractivity contribution in [2.45, 2.75) is 78.7 Å². The number of carbonyl (C=O) groups is 2. The van der Waals surface area contributed by atoms with Gasteiger partial charge in [0.2, 0.25) is 11.8 Å². The highest BCUT2D eigenvalue weighted by Crippen LogP contribution is 1.86. The number of amides is 2. The fourth-order valence-corrected chi connectivity index (χ4v) is 1.51. The lowest BCUT2D eigenvalue weighted by Gasteiger charge is -2.06. The van der Waals surface area contributed by atoms with Crippen molar-refractivity contribution in [1.29, 1.82) is 0 Å². The second-order valence-corrected chi connectivity index (χ2v) is 5.24. The Kier molecular flexibility index (Phi) is 109. The number of ether oxygens (including phenoxy) is 2. The minimum Gasteiger partial charge on any atom is -0.380 e. The summed E-state index contributed by atoms with van der Waals surface area (Å²) in [7, 11) is 7.32. The first-order chi connectivity index (χ1) is 12.6. The van der Waals surface area contributed by atoms with E-state index in [9.17, 15) is 9.59 Å². The van der Waals surface area contributed by atoms with Crippen LogP contribution in [0.3, 0.4) is 0 Å². The van der Waals surface area contributed by atoms with Gasteiger partial charge < -0.3 is 36.1 Å².